The lowest BCUT2D eigenvalue weighted by Crippen LogP contribution is -2.17. The fourth-order valence-corrected chi connectivity index (χ4v) is 1.71. The number of benzene rings is 1. The first-order valence-electron chi connectivity index (χ1n) is 5.59. The van der Waals surface area contributed by atoms with E-state index in [0.717, 1.165) is 0 Å². The summed E-state index contributed by atoms with van der Waals surface area (Å²) in [5.74, 6) is 0.608. The number of rotatable bonds is 4. The predicted octanol–water partition coefficient (Wildman–Crippen LogP) is 4.16. The van der Waals surface area contributed by atoms with Gasteiger partial charge in [-0.25, -0.2) is 4.39 Å². The van der Waals surface area contributed by atoms with Gasteiger partial charge < -0.3 is 5.32 Å². The van der Waals surface area contributed by atoms with Gasteiger partial charge in [0.25, 0.3) is 0 Å². The van der Waals surface area contributed by atoms with Crippen LogP contribution in [0.25, 0.3) is 0 Å². The van der Waals surface area contributed by atoms with E-state index in [9.17, 15) is 4.39 Å². The van der Waals surface area contributed by atoms with Crippen molar-refractivity contribution in [3.63, 3.8) is 0 Å². The van der Waals surface area contributed by atoms with E-state index in [1.165, 1.54) is 0 Å². The Morgan fingerprint density at radius 3 is 2.59 bits per heavy atom. The van der Waals surface area contributed by atoms with Gasteiger partial charge in [0, 0.05) is 6.54 Å². The second-order valence-corrected chi connectivity index (χ2v) is 5.30. The summed E-state index contributed by atoms with van der Waals surface area (Å²) in [5.41, 5.74) is 0.744. The van der Waals surface area contributed by atoms with Crippen LogP contribution < -0.4 is 5.32 Å². The predicted molar refractivity (Wildman–Crippen MR) is 71.3 cm³/mol. The van der Waals surface area contributed by atoms with Crippen molar-refractivity contribution < 1.29 is 4.39 Å². The lowest BCUT2D eigenvalue weighted by atomic mass is 9.98. The molecule has 0 aliphatic rings. The first-order valence-corrected chi connectivity index (χ1v) is 6.38. The Bertz CT molecular complexity index is 438. The highest BCUT2D eigenvalue weighted by atomic mass is 79.9. The summed E-state index contributed by atoms with van der Waals surface area (Å²) >= 11 is 3.09. The first kappa shape index (κ1) is 14.0. The van der Waals surface area contributed by atoms with Gasteiger partial charge in [0.15, 0.2) is 5.82 Å². The highest BCUT2D eigenvalue weighted by Crippen LogP contribution is 2.27. The first-order chi connectivity index (χ1) is 7.97. The van der Waals surface area contributed by atoms with Crippen molar-refractivity contribution in [2.24, 2.45) is 11.8 Å². The van der Waals surface area contributed by atoms with Crippen molar-refractivity contribution in [1.82, 2.24) is 0 Å². The molecular formula is C13H16BrFN2. The fraction of sp³-hybridized carbons (Fsp3) is 0.462. The molecule has 1 atom stereocenters. The van der Waals surface area contributed by atoms with Crippen molar-refractivity contribution in [3.05, 3.63) is 28.0 Å². The van der Waals surface area contributed by atoms with Crippen molar-refractivity contribution >= 4 is 21.6 Å². The van der Waals surface area contributed by atoms with Gasteiger partial charge in [0.1, 0.15) is 6.07 Å². The van der Waals surface area contributed by atoms with Gasteiger partial charge in [-0.05, 0) is 39.9 Å². The molecule has 0 amide bonds. The summed E-state index contributed by atoms with van der Waals surface area (Å²) < 4.78 is 14.1. The molecule has 1 N–H and O–H groups in total. The van der Waals surface area contributed by atoms with Crippen LogP contribution in [0, 0.1) is 29.0 Å². The largest absolute Gasteiger partial charge is 0.382 e. The molecule has 1 aromatic carbocycles. The average molecular weight is 299 g/mol. The van der Waals surface area contributed by atoms with Crippen molar-refractivity contribution in [1.29, 1.82) is 5.26 Å². The van der Waals surface area contributed by atoms with E-state index in [2.05, 4.69) is 42.0 Å². The minimum Gasteiger partial charge on any atom is -0.382 e. The number of nitriles is 1. The van der Waals surface area contributed by atoms with Crippen LogP contribution >= 0.6 is 15.9 Å². The number of nitrogens with one attached hydrogen (secondary N) is 1. The minimum absolute atomic E-state index is 0.224. The van der Waals surface area contributed by atoms with Crippen LogP contribution in [0.15, 0.2) is 16.6 Å². The Hall–Kier alpha value is -1.08. The van der Waals surface area contributed by atoms with Crippen molar-refractivity contribution in [2.75, 3.05) is 11.9 Å². The molecule has 0 spiro atoms. The Morgan fingerprint density at radius 1 is 1.41 bits per heavy atom. The molecule has 0 saturated heterocycles. The van der Waals surface area contributed by atoms with E-state index >= 15 is 0 Å². The zero-order chi connectivity index (χ0) is 13.0. The summed E-state index contributed by atoms with van der Waals surface area (Å²) in [6.07, 6.45) is 0. The number of halogens is 2. The highest BCUT2D eigenvalue weighted by molar-refractivity contribution is 9.10. The number of hydrogen-bond donors (Lipinski definition) is 1. The maximum Gasteiger partial charge on any atom is 0.161 e. The minimum atomic E-state index is -0.403. The molecule has 2 nitrogen and oxygen atoms in total. The Morgan fingerprint density at radius 2 is 2.06 bits per heavy atom. The van der Waals surface area contributed by atoms with Gasteiger partial charge in [-0.15, -0.1) is 0 Å². The Kier molecular flexibility index (Phi) is 4.95. The molecular weight excluding hydrogens is 283 g/mol. The highest BCUT2D eigenvalue weighted by Gasteiger charge is 2.12. The van der Waals surface area contributed by atoms with E-state index in [-0.39, 0.29) is 4.47 Å². The van der Waals surface area contributed by atoms with E-state index < -0.39 is 5.82 Å². The zero-order valence-electron chi connectivity index (χ0n) is 10.2. The Balaban J connectivity index is 2.81. The van der Waals surface area contributed by atoms with Gasteiger partial charge >= 0.3 is 0 Å². The van der Waals surface area contributed by atoms with E-state index in [4.69, 9.17) is 5.26 Å². The van der Waals surface area contributed by atoms with Gasteiger partial charge in [0.2, 0.25) is 0 Å². The molecule has 0 aromatic heterocycles. The molecule has 0 saturated carbocycles. The second kappa shape index (κ2) is 6.02. The lowest BCUT2D eigenvalue weighted by molar-refractivity contribution is 0.439. The molecule has 4 heteroatoms. The maximum atomic E-state index is 13.8. The number of nitrogens with zero attached hydrogens (tertiary/aromatic N) is 1. The SMILES string of the molecule is CC(C)C(C)CNc1ccc(C#N)c(Br)c1F. The van der Waals surface area contributed by atoms with Crippen LogP contribution in [0.5, 0.6) is 0 Å². The third-order valence-electron chi connectivity index (χ3n) is 2.96. The summed E-state index contributed by atoms with van der Waals surface area (Å²) in [4.78, 5) is 0. The summed E-state index contributed by atoms with van der Waals surface area (Å²) in [6, 6.07) is 5.14. The molecule has 1 aromatic rings. The molecule has 0 bridgehead atoms. The van der Waals surface area contributed by atoms with Crippen LogP contribution in [0.4, 0.5) is 10.1 Å². The van der Waals surface area contributed by atoms with Gasteiger partial charge in [-0.2, -0.15) is 5.26 Å². The smallest absolute Gasteiger partial charge is 0.161 e. The lowest BCUT2D eigenvalue weighted by Gasteiger charge is -2.17. The molecule has 0 aliphatic carbocycles. The number of anilines is 1. The summed E-state index contributed by atoms with van der Waals surface area (Å²) in [7, 11) is 0. The normalized spacial score (nSPS) is 12.3. The molecule has 0 radical (unpaired) electrons. The molecule has 92 valence electrons. The van der Waals surface area contributed by atoms with E-state index in [0.29, 0.717) is 29.6 Å². The van der Waals surface area contributed by atoms with Crippen LogP contribution in [-0.4, -0.2) is 6.54 Å². The fourth-order valence-electron chi connectivity index (χ4n) is 1.28. The van der Waals surface area contributed by atoms with Gasteiger partial charge in [-0.3, -0.25) is 0 Å². The van der Waals surface area contributed by atoms with Gasteiger partial charge in [-0.1, -0.05) is 20.8 Å². The Labute approximate surface area is 110 Å². The van der Waals surface area contributed by atoms with Crippen LogP contribution in [-0.2, 0) is 0 Å². The molecule has 0 heterocycles. The summed E-state index contributed by atoms with van der Waals surface area (Å²) in [5, 5.41) is 11.8. The maximum absolute atomic E-state index is 13.8. The van der Waals surface area contributed by atoms with Crippen LogP contribution in [0.2, 0.25) is 0 Å². The molecule has 17 heavy (non-hydrogen) atoms. The van der Waals surface area contributed by atoms with E-state index in [1.54, 1.807) is 12.1 Å². The van der Waals surface area contributed by atoms with Crippen molar-refractivity contribution in [3.8, 4) is 6.07 Å². The average Bonchev–Trinajstić information content (AvgIpc) is 2.30. The molecule has 0 fully saturated rings. The number of hydrogen-bond acceptors (Lipinski definition) is 2. The zero-order valence-corrected chi connectivity index (χ0v) is 11.8. The molecule has 1 unspecified atom stereocenters. The monoisotopic (exact) mass is 298 g/mol. The molecule has 1 rings (SSSR count). The van der Waals surface area contributed by atoms with Crippen molar-refractivity contribution in [2.45, 2.75) is 20.8 Å². The quantitative estimate of drug-likeness (QED) is 0.906. The van der Waals surface area contributed by atoms with E-state index in [1.807, 2.05) is 6.07 Å². The summed E-state index contributed by atoms with van der Waals surface area (Å²) in [6.45, 7) is 7.11. The third-order valence-corrected chi connectivity index (χ3v) is 3.73. The standard InChI is InChI=1S/C13H16BrFN2/c1-8(2)9(3)7-17-11-5-4-10(6-16)12(14)13(11)15/h4-5,8-9,17H,7H2,1-3H3. The molecule has 0 aliphatic heterocycles. The van der Waals surface area contributed by atoms with Crippen LogP contribution in [0.1, 0.15) is 26.3 Å². The topological polar surface area (TPSA) is 35.8 Å². The van der Waals surface area contributed by atoms with Crippen LogP contribution in [0.3, 0.4) is 0 Å². The second-order valence-electron chi connectivity index (χ2n) is 4.50. The third kappa shape index (κ3) is 3.44. The van der Waals surface area contributed by atoms with Gasteiger partial charge in [0.05, 0.1) is 15.7 Å².